The molecule has 0 radical (unpaired) electrons. The molecule has 0 aliphatic carbocycles. The molecule has 0 aliphatic rings. The zero-order valence-electron chi connectivity index (χ0n) is 43.9. The summed E-state index contributed by atoms with van der Waals surface area (Å²) in [5, 5.41) is 0. The third-order valence-electron chi connectivity index (χ3n) is 11.6. The third kappa shape index (κ3) is 17.7. The van der Waals surface area contributed by atoms with Crippen LogP contribution in [0.3, 0.4) is 0 Å². The second kappa shape index (κ2) is 27.2. The maximum absolute atomic E-state index is 12.6. The molecule has 0 saturated heterocycles. The van der Waals surface area contributed by atoms with Crippen molar-refractivity contribution < 1.29 is 35.7 Å². The van der Waals surface area contributed by atoms with Gasteiger partial charge in [0.25, 0.3) is 0 Å². The summed E-state index contributed by atoms with van der Waals surface area (Å²) in [7, 11) is 0. The van der Waals surface area contributed by atoms with Gasteiger partial charge in [-0.2, -0.15) is 0 Å². The Kier molecular flexibility index (Phi) is 19.3. The average Bonchev–Trinajstić information content (AvgIpc) is 3.43. The Balaban J connectivity index is 0.000000162. The highest BCUT2D eigenvalue weighted by Crippen LogP contribution is 2.29. The molecule has 0 N–H and O–H groups in total. The van der Waals surface area contributed by atoms with Crippen LogP contribution in [0.4, 0.5) is 0 Å². The van der Waals surface area contributed by atoms with Gasteiger partial charge < -0.3 is 27.3 Å². The van der Waals surface area contributed by atoms with Gasteiger partial charge in [0.1, 0.15) is 57.5 Å². The van der Waals surface area contributed by atoms with Crippen LogP contribution in [0.1, 0.15) is 44.5 Å². The number of ether oxygens (including phenoxy) is 4. The monoisotopic (exact) mass is 1060 g/mol. The molecule has 0 saturated carbocycles. The predicted octanol–water partition coefficient (Wildman–Crippen LogP) is 17.9. The van der Waals surface area contributed by atoms with Gasteiger partial charge in [-0.05, 0) is 216 Å². The lowest BCUT2D eigenvalue weighted by Crippen LogP contribution is -2.01. The Morgan fingerprint density at radius 1 is 0.260 bits per heavy atom. The maximum Gasteiger partial charge on any atom is 0.240 e. The van der Waals surface area contributed by atoms with E-state index < -0.39 is 22.2 Å². The van der Waals surface area contributed by atoms with Crippen LogP contribution >= 0.6 is 0 Å². The minimum Gasteiger partial charge on any atom is -0.457 e. The highest BCUT2D eigenvalue weighted by molar-refractivity contribution is 7.80. The molecular weight excluding hydrogens is 997 g/mol. The molecule has 2 atom stereocenters. The van der Waals surface area contributed by atoms with Crippen LogP contribution < -0.4 is 27.3 Å². The molecule has 0 aromatic heterocycles. The first-order chi connectivity index (χ1) is 37.3. The number of aryl methyl sites for hydroxylation is 6. The van der Waals surface area contributed by atoms with Crippen molar-refractivity contribution in [3.05, 3.63) is 287 Å². The fraction of sp³-hybridized carbons (Fsp3) is 0.104. The van der Waals surface area contributed by atoms with Gasteiger partial charge >= 0.3 is 0 Å². The fourth-order valence-electron chi connectivity index (χ4n) is 7.40. The van der Waals surface area contributed by atoms with Gasteiger partial charge in [-0.15, -0.1) is 0 Å². The summed E-state index contributed by atoms with van der Waals surface area (Å²) in [5.74, 6) is 6.74. The number of hydrogen-bond acceptors (Lipinski definition) is 8. The summed E-state index contributed by atoms with van der Waals surface area (Å²) in [4.78, 5) is 1.10. The quantitative estimate of drug-likeness (QED) is 0.0945. The van der Waals surface area contributed by atoms with Gasteiger partial charge in [-0.1, -0.05) is 119 Å². The Hall–Kier alpha value is -8.70. The standard InChI is InChI=1S/2C26H22O4S.C15H16/c1-19-3-7-21(8-4-19)28-23-11-13-25(14-12-23)30-31(27)26-17-15-24(16-18-26)29-22-9-5-20(2)6-10-22;1-19-5-3-7-24(17-19)28-21-9-11-23(12-10-21)30-31(27)26-15-13-22(14-16-26)29-25-8-4-6-20(2)18-25;1-12-3-7-14(8-4-12)11-15-9-5-13(2)6-10-15/h2*3-18H,1-2H3;3-10H,11H2,1-2H3. The van der Waals surface area contributed by atoms with Gasteiger partial charge in [0.05, 0.1) is 9.79 Å². The molecule has 0 spiro atoms. The molecular formula is C67H60O8S2. The van der Waals surface area contributed by atoms with Crippen LogP contribution in [0.25, 0.3) is 0 Å². The molecule has 10 heteroatoms. The third-order valence-corrected chi connectivity index (χ3v) is 13.6. The predicted molar refractivity (Wildman–Crippen MR) is 310 cm³/mol. The van der Waals surface area contributed by atoms with Crippen molar-refractivity contribution >= 4 is 22.2 Å². The van der Waals surface area contributed by atoms with Gasteiger partial charge in [0, 0.05) is 0 Å². The molecule has 10 aromatic rings. The molecule has 2 unspecified atom stereocenters. The van der Waals surface area contributed by atoms with Crippen LogP contribution in [0.5, 0.6) is 57.5 Å². The SMILES string of the molecule is Cc1ccc(Cc2ccc(C)cc2)cc1.Cc1ccc(Oc2ccc(OS(=O)c3ccc(Oc4ccc(C)cc4)cc3)cc2)cc1.Cc1cccc(Oc2ccc(OS(=O)c3ccc(Oc4cccc(C)c4)cc3)cc2)c1. The van der Waals surface area contributed by atoms with Gasteiger partial charge in [0.2, 0.25) is 22.2 Å². The van der Waals surface area contributed by atoms with Crippen molar-refractivity contribution in [3.8, 4) is 57.5 Å². The molecule has 77 heavy (non-hydrogen) atoms. The molecule has 10 aromatic carbocycles. The van der Waals surface area contributed by atoms with E-state index in [1.165, 1.54) is 33.4 Å². The first-order valence-electron chi connectivity index (χ1n) is 25.0. The summed E-state index contributed by atoms with van der Waals surface area (Å²) in [5.41, 5.74) is 10.00. The summed E-state index contributed by atoms with van der Waals surface area (Å²) in [6.45, 7) is 12.3. The van der Waals surface area contributed by atoms with E-state index in [-0.39, 0.29) is 0 Å². The van der Waals surface area contributed by atoms with Crippen molar-refractivity contribution in [3.63, 3.8) is 0 Å². The van der Waals surface area contributed by atoms with Crippen molar-refractivity contribution in [2.45, 2.75) is 57.8 Å². The molecule has 0 aliphatic heterocycles. The molecule has 0 heterocycles. The fourth-order valence-corrected chi connectivity index (χ4v) is 8.88. The normalized spacial score (nSPS) is 11.3. The topological polar surface area (TPSA) is 89.5 Å². The Labute approximate surface area is 457 Å². The van der Waals surface area contributed by atoms with Crippen molar-refractivity contribution in [1.29, 1.82) is 0 Å². The van der Waals surface area contributed by atoms with Crippen molar-refractivity contribution in [2.75, 3.05) is 0 Å². The lowest BCUT2D eigenvalue weighted by atomic mass is 10.0. The van der Waals surface area contributed by atoms with Crippen LogP contribution in [-0.4, -0.2) is 8.42 Å². The average molecular weight is 1060 g/mol. The molecule has 388 valence electrons. The lowest BCUT2D eigenvalue weighted by Gasteiger charge is -2.09. The highest BCUT2D eigenvalue weighted by Gasteiger charge is 2.11. The summed E-state index contributed by atoms with van der Waals surface area (Å²) in [6.07, 6.45) is 1.03. The smallest absolute Gasteiger partial charge is 0.240 e. The van der Waals surface area contributed by atoms with E-state index in [0.29, 0.717) is 44.3 Å². The maximum atomic E-state index is 12.6. The van der Waals surface area contributed by atoms with Crippen LogP contribution in [0, 0.1) is 41.5 Å². The summed E-state index contributed by atoms with van der Waals surface area (Å²) >= 11 is -3.27. The van der Waals surface area contributed by atoms with E-state index in [1.807, 2.05) is 125 Å². The first kappa shape index (κ1) is 54.6. The van der Waals surface area contributed by atoms with Gasteiger partial charge in [-0.3, -0.25) is 0 Å². The molecule has 0 amide bonds. The van der Waals surface area contributed by atoms with E-state index in [4.69, 9.17) is 27.3 Å². The van der Waals surface area contributed by atoms with E-state index in [2.05, 4.69) is 62.4 Å². The van der Waals surface area contributed by atoms with E-state index in [0.717, 1.165) is 40.5 Å². The van der Waals surface area contributed by atoms with E-state index >= 15 is 0 Å². The summed E-state index contributed by atoms with van der Waals surface area (Å²) in [6, 6.07) is 76.9. The zero-order valence-corrected chi connectivity index (χ0v) is 45.5. The zero-order chi connectivity index (χ0) is 53.9. The Bertz CT molecular complexity index is 3430. The second-order valence-electron chi connectivity index (χ2n) is 18.3. The largest absolute Gasteiger partial charge is 0.457 e. The Morgan fingerprint density at radius 2 is 0.506 bits per heavy atom. The number of benzene rings is 10. The second-order valence-corrected chi connectivity index (χ2v) is 20.6. The van der Waals surface area contributed by atoms with Gasteiger partial charge in [0.15, 0.2) is 0 Å². The van der Waals surface area contributed by atoms with Crippen molar-refractivity contribution in [2.24, 2.45) is 0 Å². The molecule has 0 bridgehead atoms. The summed E-state index contributed by atoms with van der Waals surface area (Å²) < 4.78 is 59.5. The van der Waals surface area contributed by atoms with Gasteiger partial charge in [-0.25, -0.2) is 8.42 Å². The molecule has 10 rings (SSSR count). The van der Waals surface area contributed by atoms with Crippen LogP contribution in [-0.2, 0) is 28.6 Å². The lowest BCUT2D eigenvalue weighted by molar-refractivity contribution is 0.480. The molecule has 8 nitrogen and oxygen atoms in total. The van der Waals surface area contributed by atoms with Crippen LogP contribution in [0.15, 0.2) is 252 Å². The van der Waals surface area contributed by atoms with E-state index in [1.54, 1.807) is 97.1 Å². The number of hydrogen-bond donors (Lipinski definition) is 0. The molecule has 0 fully saturated rings. The Morgan fingerprint density at radius 3 is 0.805 bits per heavy atom. The minimum atomic E-state index is -1.64. The van der Waals surface area contributed by atoms with Crippen LogP contribution in [0.2, 0.25) is 0 Å². The number of rotatable bonds is 16. The first-order valence-corrected chi connectivity index (χ1v) is 27.2. The van der Waals surface area contributed by atoms with E-state index in [9.17, 15) is 8.42 Å². The van der Waals surface area contributed by atoms with Crippen molar-refractivity contribution in [1.82, 2.24) is 0 Å². The highest BCUT2D eigenvalue weighted by atomic mass is 32.2. The minimum absolute atomic E-state index is 0.495.